The van der Waals surface area contributed by atoms with Crippen LogP contribution in [0, 0.1) is 12.7 Å². The Hall–Kier alpha value is -0.850. The Morgan fingerprint density at radius 1 is 1.43 bits per heavy atom. The van der Waals surface area contributed by atoms with E-state index in [1.54, 1.807) is 0 Å². The van der Waals surface area contributed by atoms with E-state index in [9.17, 15) is 17.6 Å². The van der Waals surface area contributed by atoms with Gasteiger partial charge in [-0.2, -0.15) is 0 Å². The SMILES string of the molecule is Cc1ncc(OC(F)(F)F)c(F)c1Br. The Bertz CT molecular complexity index is 352. The van der Waals surface area contributed by atoms with Crippen LogP contribution in [0.3, 0.4) is 0 Å². The van der Waals surface area contributed by atoms with Gasteiger partial charge in [-0.1, -0.05) is 0 Å². The number of alkyl halides is 3. The maximum atomic E-state index is 13.1. The lowest BCUT2D eigenvalue weighted by atomic mass is 10.3. The Morgan fingerprint density at radius 2 is 2.00 bits per heavy atom. The molecule has 0 amide bonds. The molecule has 0 spiro atoms. The fraction of sp³-hybridized carbons (Fsp3) is 0.286. The Balaban J connectivity index is 3.06. The molecule has 2 nitrogen and oxygen atoms in total. The quantitative estimate of drug-likeness (QED) is 0.734. The molecule has 1 heterocycles. The second kappa shape index (κ2) is 3.72. The molecule has 0 saturated carbocycles. The molecule has 78 valence electrons. The van der Waals surface area contributed by atoms with Gasteiger partial charge in [0.1, 0.15) is 0 Å². The van der Waals surface area contributed by atoms with Gasteiger partial charge in [0.2, 0.25) is 0 Å². The molecular weight excluding hydrogens is 270 g/mol. The summed E-state index contributed by atoms with van der Waals surface area (Å²) >= 11 is 2.75. The zero-order valence-corrected chi connectivity index (χ0v) is 8.41. The standard InChI is InChI=1S/C7H4BrF4NO/c1-3-5(8)6(9)4(2-13-3)14-7(10,11)12/h2H,1H3. The summed E-state index contributed by atoms with van der Waals surface area (Å²) in [6, 6.07) is 0. The summed E-state index contributed by atoms with van der Waals surface area (Å²) in [7, 11) is 0. The van der Waals surface area contributed by atoms with Crippen LogP contribution >= 0.6 is 15.9 Å². The highest BCUT2D eigenvalue weighted by molar-refractivity contribution is 9.10. The van der Waals surface area contributed by atoms with Crippen LogP contribution in [0.4, 0.5) is 17.6 Å². The summed E-state index contributed by atoms with van der Waals surface area (Å²) in [5, 5.41) is 0. The molecule has 0 saturated heterocycles. The Morgan fingerprint density at radius 3 is 2.50 bits per heavy atom. The average Bonchev–Trinajstić information content (AvgIpc) is 2.04. The van der Waals surface area contributed by atoms with Gasteiger partial charge in [-0.3, -0.25) is 4.98 Å². The van der Waals surface area contributed by atoms with Gasteiger partial charge in [-0.15, -0.1) is 13.2 Å². The highest BCUT2D eigenvalue weighted by Gasteiger charge is 2.33. The van der Waals surface area contributed by atoms with E-state index < -0.39 is 17.9 Å². The zero-order valence-electron chi connectivity index (χ0n) is 6.82. The van der Waals surface area contributed by atoms with Gasteiger partial charge in [0.25, 0.3) is 0 Å². The highest BCUT2D eigenvalue weighted by Crippen LogP contribution is 2.30. The number of hydrogen-bond acceptors (Lipinski definition) is 2. The molecule has 1 rings (SSSR count). The van der Waals surface area contributed by atoms with Crippen molar-refractivity contribution < 1.29 is 22.3 Å². The third kappa shape index (κ3) is 2.57. The second-order valence-corrected chi connectivity index (χ2v) is 3.18. The molecule has 0 aliphatic carbocycles. The van der Waals surface area contributed by atoms with Crippen molar-refractivity contribution in [2.45, 2.75) is 13.3 Å². The fourth-order valence-corrected chi connectivity index (χ4v) is 1.03. The number of halogens is 5. The van der Waals surface area contributed by atoms with Crippen LogP contribution in [0.1, 0.15) is 5.69 Å². The van der Waals surface area contributed by atoms with Crippen LogP contribution < -0.4 is 4.74 Å². The van der Waals surface area contributed by atoms with E-state index in [1.165, 1.54) is 6.92 Å². The molecule has 1 aromatic heterocycles. The topological polar surface area (TPSA) is 22.1 Å². The average molecular weight is 274 g/mol. The molecule has 14 heavy (non-hydrogen) atoms. The largest absolute Gasteiger partial charge is 0.573 e. The van der Waals surface area contributed by atoms with Crippen LogP contribution in [-0.4, -0.2) is 11.3 Å². The monoisotopic (exact) mass is 273 g/mol. The number of rotatable bonds is 1. The van der Waals surface area contributed by atoms with Gasteiger partial charge < -0.3 is 4.74 Å². The lowest BCUT2D eigenvalue weighted by molar-refractivity contribution is -0.275. The van der Waals surface area contributed by atoms with Crippen molar-refractivity contribution in [2.24, 2.45) is 0 Å². The van der Waals surface area contributed by atoms with E-state index in [2.05, 4.69) is 25.7 Å². The van der Waals surface area contributed by atoms with E-state index in [1.807, 2.05) is 0 Å². The van der Waals surface area contributed by atoms with Gasteiger partial charge in [0, 0.05) is 0 Å². The van der Waals surface area contributed by atoms with Crippen LogP contribution in [0.5, 0.6) is 5.75 Å². The van der Waals surface area contributed by atoms with Gasteiger partial charge in [0.15, 0.2) is 11.6 Å². The van der Waals surface area contributed by atoms with E-state index in [4.69, 9.17) is 0 Å². The van der Waals surface area contributed by atoms with Crippen molar-refractivity contribution in [1.82, 2.24) is 4.98 Å². The minimum Gasteiger partial charge on any atom is -0.401 e. The number of nitrogens with zero attached hydrogens (tertiary/aromatic N) is 1. The van der Waals surface area contributed by atoms with Crippen molar-refractivity contribution in [1.29, 1.82) is 0 Å². The number of aryl methyl sites for hydroxylation is 1. The first-order valence-corrected chi connectivity index (χ1v) is 4.17. The molecule has 0 bridgehead atoms. The van der Waals surface area contributed by atoms with Crippen molar-refractivity contribution >= 4 is 15.9 Å². The predicted octanol–water partition coefficient (Wildman–Crippen LogP) is 3.19. The number of pyridine rings is 1. The summed E-state index contributed by atoms with van der Waals surface area (Å²) in [5.74, 6) is -2.06. The normalized spacial score (nSPS) is 11.6. The molecule has 0 aliphatic rings. The van der Waals surface area contributed by atoms with Crippen LogP contribution in [-0.2, 0) is 0 Å². The third-order valence-corrected chi connectivity index (χ3v) is 2.25. The lowest BCUT2D eigenvalue weighted by Gasteiger charge is -2.10. The number of hydrogen-bond donors (Lipinski definition) is 0. The van der Waals surface area contributed by atoms with Gasteiger partial charge in [-0.05, 0) is 22.9 Å². The predicted molar refractivity (Wildman–Crippen MR) is 43.3 cm³/mol. The van der Waals surface area contributed by atoms with Gasteiger partial charge in [0.05, 0.1) is 16.4 Å². The van der Waals surface area contributed by atoms with Gasteiger partial charge >= 0.3 is 6.36 Å². The van der Waals surface area contributed by atoms with E-state index in [0.717, 1.165) is 0 Å². The molecule has 0 aromatic carbocycles. The maximum absolute atomic E-state index is 13.1. The second-order valence-electron chi connectivity index (χ2n) is 2.38. The highest BCUT2D eigenvalue weighted by atomic mass is 79.9. The third-order valence-electron chi connectivity index (χ3n) is 1.33. The smallest absolute Gasteiger partial charge is 0.401 e. The summed E-state index contributed by atoms with van der Waals surface area (Å²) in [5.41, 5.74) is 0.247. The molecule has 0 radical (unpaired) electrons. The Kier molecular flexibility index (Phi) is 2.98. The summed E-state index contributed by atoms with van der Waals surface area (Å²) in [4.78, 5) is 3.51. The molecule has 0 atom stereocenters. The number of ether oxygens (including phenoxy) is 1. The van der Waals surface area contributed by atoms with Crippen LogP contribution in [0.2, 0.25) is 0 Å². The molecule has 0 fully saturated rings. The van der Waals surface area contributed by atoms with Crippen molar-refractivity contribution in [3.05, 3.63) is 22.2 Å². The van der Waals surface area contributed by atoms with Crippen molar-refractivity contribution in [3.8, 4) is 5.75 Å². The number of aromatic nitrogens is 1. The van der Waals surface area contributed by atoms with E-state index in [0.29, 0.717) is 6.20 Å². The summed E-state index contributed by atoms with van der Waals surface area (Å²) < 4.78 is 51.5. The first kappa shape index (κ1) is 11.2. The van der Waals surface area contributed by atoms with E-state index in [-0.39, 0.29) is 10.2 Å². The molecular formula is C7H4BrF4NO. The minimum absolute atomic E-state index is 0.140. The molecule has 1 aromatic rings. The maximum Gasteiger partial charge on any atom is 0.573 e. The first-order valence-electron chi connectivity index (χ1n) is 3.37. The van der Waals surface area contributed by atoms with Crippen molar-refractivity contribution in [2.75, 3.05) is 0 Å². The fourth-order valence-electron chi connectivity index (χ4n) is 0.732. The Labute approximate surface area is 85.0 Å². The minimum atomic E-state index is -4.92. The molecule has 7 heteroatoms. The molecule has 0 unspecified atom stereocenters. The first-order chi connectivity index (χ1) is 6.31. The zero-order chi connectivity index (χ0) is 10.9. The lowest BCUT2D eigenvalue weighted by Crippen LogP contribution is -2.18. The van der Waals surface area contributed by atoms with Crippen LogP contribution in [0.25, 0.3) is 0 Å². The van der Waals surface area contributed by atoms with Crippen LogP contribution in [0.15, 0.2) is 10.7 Å². The summed E-state index contributed by atoms with van der Waals surface area (Å²) in [6.07, 6.45) is -4.24. The molecule has 0 N–H and O–H groups in total. The van der Waals surface area contributed by atoms with Crippen molar-refractivity contribution in [3.63, 3.8) is 0 Å². The van der Waals surface area contributed by atoms with E-state index >= 15 is 0 Å². The van der Waals surface area contributed by atoms with Gasteiger partial charge in [-0.25, -0.2) is 4.39 Å². The summed E-state index contributed by atoms with van der Waals surface area (Å²) in [6.45, 7) is 1.45. The molecule has 0 aliphatic heterocycles.